The average molecular weight is 299 g/mol. The SMILES string of the molecule is CCn1cc(C(=O)N[C@@H]2CCCc3nc(C)ncc32)c(C)n1. The zero-order valence-electron chi connectivity index (χ0n) is 13.3. The highest BCUT2D eigenvalue weighted by atomic mass is 16.1. The molecule has 1 amide bonds. The van der Waals surface area contributed by atoms with Gasteiger partial charge in [0.25, 0.3) is 5.91 Å². The average Bonchev–Trinajstić information content (AvgIpc) is 2.88. The van der Waals surface area contributed by atoms with Gasteiger partial charge in [-0.1, -0.05) is 0 Å². The summed E-state index contributed by atoms with van der Waals surface area (Å²) in [5.41, 5.74) is 3.51. The van der Waals surface area contributed by atoms with Crippen LogP contribution in [0.5, 0.6) is 0 Å². The third-order valence-corrected chi connectivity index (χ3v) is 4.12. The quantitative estimate of drug-likeness (QED) is 0.942. The van der Waals surface area contributed by atoms with Gasteiger partial charge >= 0.3 is 0 Å². The molecule has 0 saturated carbocycles. The van der Waals surface area contributed by atoms with E-state index in [1.54, 1.807) is 10.9 Å². The zero-order chi connectivity index (χ0) is 15.7. The van der Waals surface area contributed by atoms with Crippen LogP contribution in [0, 0.1) is 13.8 Å². The van der Waals surface area contributed by atoms with Crippen molar-refractivity contribution in [1.29, 1.82) is 0 Å². The molecule has 0 fully saturated rings. The molecule has 1 atom stereocenters. The van der Waals surface area contributed by atoms with Crippen LogP contribution in [-0.2, 0) is 13.0 Å². The number of carbonyl (C=O) groups is 1. The van der Waals surface area contributed by atoms with E-state index in [4.69, 9.17) is 0 Å². The van der Waals surface area contributed by atoms with E-state index in [-0.39, 0.29) is 11.9 Å². The number of fused-ring (bicyclic) bond motifs is 1. The van der Waals surface area contributed by atoms with E-state index in [0.717, 1.165) is 48.6 Å². The number of hydrogen-bond donors (Lipinski definition) is 1. The van der Waals surface area contributed by atoms with E-state index in [0.29, 0.717) is 5.56 Å². The van der Waals surface area contributed by atoms with Gasteiger partial charge in [-0.15, -0.1) is 0 Å². The summed E-state index contributed by atoms with van der Waals surface area (Å²) in [6, 6.07) is -0.0128. The molecule has 0 unspecified atom stereocenters. The minimum atomic E-state index is -0.0735. The number of amides is 1. The molecule has 116 valence electrons. The maximum atomic E-state index is 12.5. The van der Waals surface area contributed by atoms with Gasteiger partial charge in [-0.05, 0) is 40.0 Å². The molecule has 0 radical (unpaired) electrons. The van der Waals surface area contributed by atoms with Gasteiger partial charge in [0.05, 0.1) is 17.3 Å². The summed E-state index contributed by atoms with van der Waals surface area (Å²) in [4.78, 5) is 21.3. The predicted octanol–water partition coefficient (Wildman–Crippen LogP) is 2.12. The van der Waals surface area contributed by atoms with Crippen molar-refractivity contribution in [2.75, 3.05) is 0 Å². The van der Waals surface area contributed by atoms with Crippen LogP contribution in [0.25, 0.3) is 0 Å². The molecule has 0 aliphatic heterocycles. The molecule has 2 aromatic rings. The van der Waals surface area contributed by atoms with Gasteiger partial charge in [0.1, 0.15) is 5.82 Å². The van der Waals surface area contributed by atoms with E-state index < -0.39 is 0 Å². The predicted molar refractivity (Wildman–Crippen MR) is 82.6 cm³/mol. The van der Waals surface area contributed by atoms with Crippen LogP contribution < -0.4 is 5.32 Å². The van der Waals surface area contributed by atoms with Gasteiger partial charge < -0.3 is 5.32 Å². The molecule has 6 heteroatoms. The van der Waals surface area contributed by atoms with Gasteiger partial charge in [-0.3, -0.25) is 9.48 Å². The maximum Gasteiger partial charge on any atom is 0.255 e. The fourth-order valence-corrected chi connectivity index (χ4v) is 2.94. The van der Waals surface area contributed by atoms with Crippen LogP contribution in [-0.4, -0.2) is 25.7 Å². The lowest BCUT2D eigenvalue weighted by molar-refractivity contribution is 0.0932. The first kappa shape index (κ1) is 14.7. The van der Waals surface area contributed by atoms with Crippen LogP contribution in [0.1, 0.15) is 58.9 Å². The maximum absolute atomic E-state index is 12.5. The summed E-state index contributed by atoms with van der Waals surface area (Å²) in [5, 5.41) is 7.45. The van der Waals surface area contributed by atoms with Crippen molar-refractivity contribution in [1.82, 2.24) is 25.1 Å². The smallest absolute Gasteiger partial charge is 0.255 e. The third-order valence-electron chi connectivity index (χ3n) is 4.12. The lowest BCUT2D eigenvalue weighted by Crippen LogP contribution is -2.31. The van der Waals surface area contributed by atoms with Crippen LogP contribution >= 0.6 is 0 Å². The second kappa shape index (κ2) is 5.87. The highest BCUT2D eigenvalue weighted by molar-refractivity contribution is 5.95. The van der Waals surface area contributed by atoms with Crippen molar-refractivity contribution in [2.45, 2.75) is 52.6 Å². The van der Waals surface area contributed by atoms with Crippen molar-refractivity contribution >= 4 is 5.91 Å². The summed E-state index contributed by atoms with van der Waals surface area (Å²) in [5.74, 6) is 0.710. The van der Waals surface area contributed by atoms with E-state index in [1.807, 2.05) is 27.0 Å². The molecule has 0 bridgehead atoms. The van der Waals surface area contributed by atoms with Crippen molar-refractivity contribution in [3.8, 4) is 0 Å². The van der Waals surface area contributed by atoms with E-state index in [1.165, 1.54) is 0 Å². The monoisotopic (exact) mass is 299 g/mol. The van der Waals surface area contributed by atoms with Gasteiger partial charge in [0, 0.05) is 30.2 Å². The standard InChI is InChI=1S/C16H21N5O/c1-4-21-9-13(10(2)20-21)16(22)19-15-7-5-6-14-12(15)8-17-11(3)18-14/h8-9,15H,4-7H2,1-3H3,(H,19,22)/t15-/m1/s1. The molecule has 1 aliphatic carbocycles. The van der Waals surface area contributed by atoms with E-state index in [2.05, 4.69) is 20.4 Å². The Kier molecular flexibility index (Phi) is 3.92. The van der Waals surface area contributed by atoms with Crippen molar-refractivity contribution < 1.29 is 4.79 Å². The molecule has 22 heavy (non-hydrogen) atoms. The number of nitrogens with one attached hydrogen (secondary N) is 1. The normalized spacial score (nSPS) is 17.1. The third kappa shape index (κ3) is 2.73. The Morgan fingerprint density at radius 2 is 2.27 bits per heavy atom. The fraction of sp³-hybridized carbons (Fsp3) is 0.500. The lowest BCUT2D eigenvalue weighted by atomic mass is 9.92. The zero-order valence-corrected chi connectivity index (χ0v) is 13.3. The van der Waals surface area contributed by atoms with Gasteiger partial charge in [0.2, 0.25) is 0 Å². The summed E-state index contributed by atoms with van der Waals surface area (Å²) < 4.78 is 1.78. The summed E-state index contributed by atoms with van der Waals surface area (Å²) in [6.45, 7) is 6.52. The van der Waals surface area contributed by atoms with Crippen LogP contribution in [0.4, 0.5) is 0 Å². The first-order chi connectivity index (χ1) is 10.6. The Morgan fingerprint density at radius 3 is 3.00 bits per heavy atom. The molecule has 1 N–H and O–H groups in total. The molecule has 1 aliphatic rings. The molecule has 2 heterocycles. The molecule has 0 spiro atoms. The topological polar surface area (TPSA) is 72.7 Å². The second-order valence-corrected chi connectivity index (χ2v) is 5.72. The minimum absolute atomic E-state index is 0.0128. The fourth-order valence-electron chi connectivity index (χ4n) is 2.94. The van der Waals surface area contributed by atoms with Crippen molar-refractivity contribution in [3.63, 3.8) is 0 Å². The molecule has 2 aromatic heterocycles. The van der Waals surface area contributed by atoms with E-state index in [9.17, 15) is 4.79 Å². The number of carbonyl (C=O) groups excluding carboxylic acids is 1. The minimum Gasteiger partial charge on any atom is -0.345 e. The van der Waals surface area contributed by atoms with Gasteiger partial charge in [0.15, 0.2) is 0 Å². The Hall–Kier alpha value is -2.24. The first-order valence-electron chi connectivity index (χ1n) is 7.75. The second-order valence-electron chi connectivity index (χ2n) is 5.72. The molecular formula is C16H21N5O. The number of rotatable bonds is 3. The van der Waals surface area contributed by atoms with Gasteiger partial charge in [-0.2, -0.15) is 5.10 Å². The Labute approximate surface area is 130 Å². The summed E-state index contributed by atoms with van der Waals surface area (Å²) >= 11 is 0. The molecule has 0 saturated heterocycles. The van der Waals surface area contributed by atoms with Crippen molar-refractivity contribution in [2.24, 2.45) is 0 Å². The lowest BCUT2D eigenvalue weighted by Gasteiger charge is -2.25. The van der Waals surface area contributed by atoms with Gasteiger partial charge in [-0.25, -0.2) is 9.97 Å². The Bertz CT molecular complexity index is 707. The summed E-state index contributed by atoms with van der Waals surface area (Å²) in [6.07, 6.45) is 6.57. The largest absolute Gasteiger partial charge is 0.345 e. The number of aryl methyl sites for hydroxylation is 4. The molecule has 0 aromatic carbocycles. The highest BCUT2D eigenvalue weighted by Gasteiger charge is 2.25. The van der Waals surface area contributed by atoms with Crippen LogP contribution in [0.2, 0.25) is 0 Å². The van der Waals surface area contributed by atoms with Crippen LogP contribution in [0.3, 0.4) is 0 Å². The number of nitrogens with zero attached hydrogens (tertiary/aromatic N) is 4. The highest BCUT2D eigenvalue weighted by Crippen LogP contribution is 2.28. The van der Waals surface area contributed by atoms with Crippen molar-refractivity contribution in [3.05, 3.63) is 40.7 Å². The molecular weight excluding hydrogens is 278 g/mol. The Morgan fingerprint density at radius 1 is 1.45 bits per heavy atom. The number of aromatic nitrogens is 4. The number of hydrogen-bond acceptors (Lipinski definition) is 4. The summed E-state index contributed by atoms with van der Waals surface area (Å²) in [7, 11) is 0. The Balaban J connectivity index is 1.82. The first-order valence-corrected chi connectivity index (χ1v) is 7.75. The molecule has 6 nitrogen and oxygen atoms in total. The van der Waals surface area contributed by atoms with E-state index >= 15 is 0 Å². The van der Waals surface area contributed by atoms with Crippen LogP contribution in [0.15, 0.2) is 12.4 Å². The molecule has 3 rings (SSSR count).